The third-order valence-electron chi connectivity index (χ3n) is 4.19. The molecular formula is C15H32N2. The van der Waals surface area contributed by atoms with Crippen LogP contribution in [0.25, 0.3) is 0 Å². The zero-order valence-corrected chi connectivity index (χ0v) is 12.1. The molecule has 1 fully saturated rings. The SMILES string of the molecule is CCCCCC(C)(C)CNCC1CCCC1N. The highest BCUT2D eigenvalue weighted by Crippen LogP contribution is 2.25. The monoisotopic (exact) mass is 240 g/mol. The molecule has 102 valence electrons. The van der Waals surface area contributed by atoms with Crippen molar-refractivity contribution in [3.8, 4) is 0 Å². The Morgan fingerprint density at radius 2 is 2.00 bits per heavy atom. The summed E-state index contributed by atoms with van der Waals surface area (Å²) in [6, 6.07) is 0.450. The van der Waals surface area contributed by atoms with E-state index in [9.17, 15) is 0 Å². The summed E-state index contributed by atoms with van der Waals surface area (Å²) in [4.78, 5) is 0. The first kappa shape index (κ1) is 15.0. The third kappa shape index (κ3) is 5.87. The van der Waals surface area contributed by atoms with Gasteiger partial charge in [0, 0.05) is 12.6 Å². The van der Waals surface area contributed by atoms with Crippen LogP contribution in [0.5, 0.6) is 0 Å². The summed E-state index contributed by atoms with van der Waals surface area (Å²) in [6.45, 7) is 9.29. The standard InChI is InChI=1S/C15H32N2/c1-4-5-6-10-15(2,3)12-17-11-13-8-7-9-14(13)16/h13-14,17H,4-12,16H2,1-3H3. The molecule has 0 radical (unpaired) electrons. The lowest BCUT2D eigenvalue weighted by Crippen LogP contribution is -2.37. The molecule has 1 rings (SSSR count). The van der Waals surface area contributed by atoms with Gasteiger partial charge < -0.3 is 11.1 Å². The van der Waals surface area contributed by atoms with E-state index in [1.807, 2.05) is 0 Å². The Balaban J connectivity index is 2.11. The summed E-state index contributed by atoms with van der Waals surface area (Å²) >= 11 is 0. The molecule has 0 heterocycles. The molecule has 2 atom stereocenters. The van der Waals surface area contributed by atoms with E-state index < -0.39 is 0 Å². The van der Waals surface area contributed by atoms with E-state index >= 15 is 0 Å². The molecule has 2 heteroatoms. The smallest absolute Gasteiger partial charge is 0.00792 e. The van der Waals surface area contributed by atoms with Gasteiger partial charge in [-0.25, -0.2) is 0 Å². The maximum Gasteiger partial charge on any atom is 0.00792 e. The lowest BCUT2D eigenvalue weighted by Gasteiger charge is -2.26. The topological polar surface area (TPSA) is 38.0 Å². The van der Waals surface area contributed by atoms with Gasteiger partial charge in [0.25, 0.3) is 0 Å². The molecule has 2 nitrogen and oxygen atoms in total. The van der Waals surface area contributed by atoms with Crippen LogP contribution in [0.3, 0.4) is 0 Å². The van der Waals surface area contributed by atoms with Crippen molar-refractivity contribution in [2.75, 3.05) is 13.1 Å². The van der Waals surface area contributed by atoms with Gasteiger partial charge >= 0.3 is 0 Å². The summed E-state index contributed by atoms with van der Waals surface area (Å²) in [6.07, 6.45) is 9.28. The van der Waals surface area contributed by atoms with Crippen molar-refractivity contribution in [2.24, 2.45) is 17.1 Å². The van der Waals surface area contributed by atoms with Crippen molar-refractivity contribution in [1.29, 1.82) is 0 Å². The minimum Gasteiger partial charge on any atom is -0.327 e. The lowest BCUT2D eigenvalue weighted by atomic mass is 9.86. The highest BCUT2D eigenvalue weighted by molar-refractivity contribution is 4.82. The first-order valence-corrected chi connectivity index (χ1v) is 7.51. The Bertz CT molecular complexity index is 201. The van der Waals surface area contributed by atoms with Crippen LogP contribution in [0.15, 0.2) is 0 Å². The predicted octanol–water partition coefficient (Wildman–Crippen LogP) is 3.31. The lowest BCUT2D eigenvalue weighted by molar-refractivity contribution is 0.290. The van der Waals surface area contributed by atoms with Crippen LogP contribution in [0.4, 0.5) is 0 Å². The average molecular weight is 240 g/mol. The van der Waals surface area contributed by atoms with Crippen molar-refractivity contribution in [1.82, 2.24) is 5.32 Å². The second kappa shape index (κ2) is 7.38. The van der Waals surface area contributed by atoms with Gasteiger partial charge in [-0.05, 0) is 37.1 Å². The highest BCUT2D eigenvalue weighted by atomic mass is 14.9. The van der Waals surface area contributed by atoms with Crippen LogP contribution >= 0.6 is 0 Å². The maximum atomic E-state index is 6.09. The molecule has 1 aliphatic carbocycles. The minimum atomic E-state index is 0.442. The number of unbranched alkanes of at least 4 members (excludes halogenated alkanes) is 2. The van der Waals surface area contributed by atoms with E-state index in [0.29, 0.717) is 11.5 Å². The largest absolute Gasteiger partial charge is 0.327 e. The number of hydrogen-bond donors (Lipinski definition) is 2. The molecule has 0 aromatic carbocycles. The molecule has 1 saturated carbocycles. The number of hydrogen-bond acceptors (Lipinski definition) is 2. The summed E-state index contributed by atoms with van der Waals surface area (Å²) in [5.41, 5.74) is 6.53. The normalized spacial score (nSPS) is 25.4. The van der Waals surface area contributed by atoms with Crippen molar-refractivity contribution in [3.05, 3.63) is 0 Å². The van der Waals surface area contributed by atoms with Crippen LogP contribution in [0.2, 0.25) is 0 Å². The molecular weight excluding hydrogens is 208 g/mol. The molecule has 3 N–H and O–H groups in total. The molecule has 17 heavy (non-hydrogen) atoms. The van der Waals surface area contributed by atoms with E-state index in [0.717, 1.165) is 19.0 Å². The van der Waals surface area contributed by atoms with Crippen LogP contribution in [0, 0.1) is 11.3 Å². The fourth-order valence-electron chi connectivity index (χ4n) is 2.86. The second-order valence-corrected chi connectivity index (χ2v) is 6.61. The van der Waals surface area contributed by atoms with Crippen molar-refractivity contribution in [2.45, 2.75) is 71.8 Å². The molecule has 0 spiro atoms. The fraction of sp³-hybridized carbons (Fsp3) is 1.00. The first-order chi connectivity index (χ1) is 8.05. The Morgan fingerprint density at radius 3 is 2.59 bits per heavy atom. The molecule has 0 amide bonds. The molecule has 1 aliphatic rings. The van der Waals surface area contributed by atoms with Gasteiger partial charge in [-0.3, -0.25) is 0 Å². The Labute approximate surface area is 108 Å². The zero-order valence-electron chi connectivity index (χ0n) is 12.1. The van der Waals surface area contributed by atoms with E-state index in [2.05, 4.69) is 26.1 Å². The van der Waals surface area contributed by atoms with E-state index in [1.165, 1.54) is 44.9 Å². The average Bonchev–Trinajstić information content (AvgIpc) is 2.64. The van der Waals surface area contributed by atoms with Gasteiger partial charge in [0.1, 0.15) is 0 Å². The van der Waals surface area contributed by atoms with Gasteiger partial charge in [0.05, 0.1) is 0 Å². The van der Waals surface area contributed by atoms with Crippen molar-refractivity contribution >= 4 is 0 Å². The Kier molecular flexibility index (Phi) is 6.50. The number of nitrogens with one attached hydrogen (secondary N) is 1. The van der Waals surface area contributed by atoms with E-state index in [-0.39, 0.29) is 0 Å². The highest BCUT2D eigenvalue weighted by Gasteiger charge is 2.24. The molecule has 0 aromatic rings. The molecule has 0 saturated heterocycles. The van der Waals surface area contributed by atoms with Gasteiger partial charge in [0.2, 0.25) is 0 Å². The minimum absolute atomic E-state index is 0.442. The summed E-state index contributed by atoms with van der Waals surface area (Å²) in [5, 5.41) is 3.64. The molecule has 0 aliphatic heterocycles. The fourth-order valence-corrected chi connectivity index (χ4v) is 2.86. The van der Waals surface area contributed by atoms with Crippen LogP contribution in [-0.4, -0.2) is 19.1 Å². The molecule has 0 aromatic heterocycles. The van der Waals surface area contributed by atoms with Crippen molar-refractivity contribution < 1.29 is 0 Å². The van der Waals surface area contributed by atoms with Crippen molar-refractivity contribution in [3.63, 3.8) is 0 Å². The predicted molar refractivity (Wildman–Crippen MR) is 76.1 cm³/mol. The molecule has 0 bridgehead atoms. The zero-order chi connectivity index (χ0) is 12.7. The van der Waals surface area contributed by atoms with Gasteiger partial charge in [-0.15, -0.1) is 0 Å². The number of nitrogens with two attached hydrogens (primary N) is 1. The van der Waals surface area contributed by atoms with E-state index in [4.69, 9.17) is 5.73 Å². The number of rotatable bonds is 8. The van der Waals surface area contributed by atoms with Crippen LogP contribution in [-0.2, 0) is 0 Å². The molecule has 2 unspecified atom stereocenters. The summed E-state index contributed by atoms with van der Waals surface area (Å²) < 4.78 is 0. The maximum absolute atomic E-state index is 6.09. The Morgan fingerprint density at radius 1 is 1.24 bits per heavy atom. The second-order valence-electron chi connectivity index (χ2n) is 6.61. The quantitative estimate of drug-likeness (QED) is 0.639. The van der Waals surface area contributed by atoms with Crippen LogP contribution in [0.1, 0.15) is 65.7 Å². The Hall–Kier alpha value is -0.0800. The van der Waals surface area contributed by atoms with E-state index in [1.54, 1.807) is 0 Å². The summed E-state index contributed by atoms with van der Waals surface area (Å²) in [7, 11) is 0. The van der Waals surface area contributed by atoms with Crippen LogP contribution < -0.4 is 11.1 Å². The summed E-state index contributed by atoms with van der Waals surface area (Å²) in [5.74, 6) is 0.724. The first-order valence-electron chi connectivity index (χ1n) is 7.51. The van der Waals surface area contributed by atoms with Gasteiger partial charge in [0.15, 0.2) is 0 Å². The third-order valence-corrected chi connectivity index (χ3v) is 4.19. The van der Waals surface area contributed by atoms with Gasteiger partial charge in [-0.2, -0.15) is 0 Å². The van der Waals surface area contributed by atoms with Gasteiger partial charge in [-0.1, -0.05) is 46.5 Å².